The van der Waals surface area contributed by atoms with Gasteiger partial charge in [-0.3, -0.25) is 13.9 Å². The maximum Gasteiger partial charge on any atom is 0.237 e. The van der Waals surface area contributed by atoms with E-state index in [0.717, 1.165) is 11.0 Å². The van der Waals surface area contributed by atoms with E-state index in [0.29, 0.717) is 48.7 Å². The van der Waals surface area contributed by atoms with E-state index < -0.39 is 40.1 Å². The van der Waals surface area contributed by atoms with E-state index >= 15 is 0 Å². The molecule has 7 nitrogen and oxygen atoms in total. The molecule has 1 fully saturated rings. The number of likely N-dealkylation sites (tertiary alicyclic amines) is 1. The zero-order chi connectivity index (χ0) is 26.3. The van der Waals surface area contributed by atoms with Gasteiger partial charge in [-0.05, 0) is 85.4 Å². The zero-order valence-electron chi connectivity index (χ0n) is 20.8. The Morgan fingerprint density at radius 3 is 2.76 bits per heavy atom. The van der Waals surface area contributed by atoms with Crippen molar-refractivity contribution in [3.63, 3.8) is 0 Å². The van der Waals surface area contributed by atoms with Gasteiger partial charge in [-0.1, -0.05) is 11.6 Å². The van der Waals surface area contributed by atoms with Crippen LogP contribution < -0.4 is 15.4 Å². The summed E-state index contributed by atoms with van der Waals surface area (Å²) >= 11 is 3.47. The van der Waals surface area contributed by atoms with Crippen LogP contribution in [0.2, 0.25) is 5.02 Å². The second-order valence-electron chi connectivity index (χ2n) is 8.24. The number of rotatable bonds is 7. The average Bonchev–Trinajstić information content (AvgIpc) is 3.02. The van der Waals surface area contributed by atoms with Crippen molar-refractivity contribution in [3.8, 4) is 5.75 Å². The molecule has 0 aromatic heterocycles. The molecule has 2 aromatic rings. The number of amides is 1. The van der Waals surface area contributed by atoms with Crippen molar-refractivity contribution in [3.05, 3.63) is 52.3 Å². The first-order valence-corrected chi connectivity index (χ1v) is 12.0. The molecule has 0 bridgehead atoms. The van der Waals surface area contributed by atoms with Crippen molar-refractivity contribution < 1.29 is 26.8 Å². The largest absolute Gasteiger partial charge is 0.768 e. The normalized spacial score (nSPS) is 20.3. The van der Waals surface area contributed by atoms with E-state index in [1.807, 2.05) is 0 Å². The Hall–Kier alpha value is -2.04. The number of benzene rings is 2. The van der Waals surface area contributed by atoms with E-state index in [9.17, 15) is 17.9 Å². The topological polar surface area (TPSA) is 98.9 Å². The summed E-state index contributed by atoms with van der Waals surface area (Å²) < 4.78 is 66.3. The Morgan fingerprint density at radius 1 is 1.33 bits per heavy atom. The third kappa shape index (κ3) is 4.52. The second-order valence-corrected chi connectivity index (χ2v) is 9.56. The fraction of sp³-hybridized carbons (Fsp3) is 0.435. The third-order valence-corrected chi connectivity index (χ3v) is 7.41. The third-order valence-electron chi connectivity index (χ3n) is 6.39. The van der Waals surface area contributed by atoms with Crippen LogP contribution in [0, 0.1) is 5.82 Å². The number of hydrogen-bond donors (Lipinski definition) is 1. The molecule has 0 radical (unpaired) electrons. The van der Waals surface area contributed by atoms with Gasteiger partial charge in [-0.25, -0.2) is 4.39 Å². The number of anilines is 1. The van der Waals surface area contributed by atoms with Crippen LogP contribution in [0.1, 0.15) is 28.1 Å². The number of fused-ring (bicyclic) bond motifs is 2. The monoisotopic (exact) mass is 497 g/mol. The van der Waals surface area contributed by atoms with Crippen LogP contribution in [0.25, 0.3) is 0 Å². The molecule has 2 aromatic carbocycles. The summed E-state index contributed by atoms with van der Waals surface area (Å²) in [6.45, 7) is -0.687. The molecule has 0 saturated carbocycles. The number of carbonyl (C=O) groups is 1. The van der Waals surface area contributed by atoms with Gasteiger partial charge >= 0.3 is 0 Å². The molecule has 2 N–H and O–H groups in total. The van der Waals surface area contributed by atoms with E-state index in [1.54, 1.807) is 18.2 Å². The number of hydrogen-bond acceptors (Lipinski definition) is 6. The number of halogens is 2. The van der Waals surface area contributed by atoms with E-state index in [2.05, 4.69) is 4.90 Å². The molecule has 1 saturated heterocycles. The van der Waals surface area contributed by atoms with E-state index in [1.165, 1.54) is 6.07 Å². The average molecular weight is 498 g/mol. The Kier molecular flexibility index (Phi) is 5.96. The van der Waals surface area contributed by atoms with Gasteiger partial charge < -0.3 is 19.9 Å². The minimum Gasteiger partial charge on any atom is -0.768 e. The first-order valence-electron chi connectivity index (χ1n) is 12.1. The van der Waals surface area contributed by atoms with E-state index in [4.69, 9.17) is 26.2 Å². The first kappa shape index (κ1) is 20.3. The van der Waals surface area contributed by atoms with Gasteiger partial charge in [-0.2, -0.15) is 0 Å². The minimum absolute atomic E-state index is 0.162. The summed E-state index contributed by atoms with van der Waals surface area (Å²) in [6, 6.07) is 7.38. The summed E-state index contributed by atoms with van der Waals surface area (Å²) in [4.78, 5) is 16.0. The maximum absolute atomic E-state index is 14.3. The molecule has 178 valence electrons. The van der Waals surface area contributed by atoms with Crippen LogP contribution in [-0.2, 0) is 27.7 Å². The molecule has 33 heavy (non-hydrogen) atoms. The van der Waals surface area contributed by atoms with Gasteiger partial charge in [0, 0.05) is 34.4 Å². The Labute approximate surface area is 204 Å². The van der Waals surface area contributed by atoms with Crippen molar-refractivity contribution in [1.82, 2.24) is 4.90 Å². The molecule has 2 aliphatic rings. The van der Waals surface area contributed by atoms with Gasteiger partial charge in [0.15, 0.2) is 0 Å². The smallest absolute Gasteiger partial charge is 0.237 e. The summed E-state index contributed by atoms with van der Waals surface area (Å²) in [5, 5.41) is 0.442. The Bertz CT molecular complexity index is 1190. The lowest BCUT2D eigenvalue weighted by Gasteiger charge is -2.38. The van der Waals surface area contributed by atoms with Gasteiger partial charge in [0.25, 0.3) is 0 Å². The first-order chi connectivity index (χ1) is 17.0. The Morgan fingerprint density at radius 2 is 2.09 bits per heavy atom. The lowest BCUT2D eigenvalue weighted by atomic mass is 9.73. The second kappa shape index (κ2) is 9.68. The standard InChI is InChI=1S/C23H27ClFN3O4S/c1-27-20-3-2-16(24)13-18(20)23(22(27)29)5-8-28(9-6-23)10-11-32-17-12-15(4-7-26)21(33(30)31)19(25)14-17/h2-3,12-14H,4-11,26H2,1H3,(H,30,31)/p-1/i1D3. The van der Waals surface area contributed by atoms with E-state index in [-0.39, 0.29) is 30.9 Å². The van der Waals surface area contributed by atoms with Crippen LogP contribution in [0.4, 0.5) is 10.1 Å². The van der Waals surface area contributed by atoms with Crippen molar-refractivity contribution in [2.75, 3.05) is 44.7 Å². The quantitative estimate of drug-likeness (QED) is 0.590. The van der Waals surface area contributed by atoms with Crippen molar-refractivity contribution in [2.45, 2.75) is 29.6 Å². The van der Waals surface area contributed by atoms with Gasteiger partial charge in [0.05, 0.1) is 10.3 Å². The lowest BCUT2D eigenvalue weighted by molar-refractivity contribution is -0.124. The number of nitrogens with two attached hydrogens (primary N) is 1. The number of piperidine rings is 1. The fourth-order valence-electron chi connectivity index (χ4n) is 4.69. The molecule has 4 rings (SSSR count). The predicted molar refractivity (Wildman–Crippen MR) is 124 cm³/mol. The van der Waals surface area contributed by atoms with Crippen LogP contribution >= 0.6 is 11.6 Å². The number of ether oxygens (including phenoxy) is 1. The highest BCUT2D eigenvalue weighted by atomic mass is 35.5. The van der Waals surface area contributed by atoms with Crippen molar-refractivity contribution in [1.29, 1.82) is 0 Å². The van der Waals surface area contributed by atoms with Gasteiger partial charge in [-0.15, -0.1) is 0 Å². The number of likely N-dealkylation sites (N-methyl/N-ethyl adjacent to an activating group) is 1. The van der Waals surface area contributed by atoms with Gasteiger partial charge in [0.1, 0.15) is 18.2 Å². The summed E-state index contributed by atoms with van der Waals surface area (Å²) in [5.41, 5.74) is 5.85. The Balaban J connectivity index is 1.42. The van der Waals surface area contributed by atoms with Gasteiger partial charge in [0.2, 0.25) is 5.91 Å². The van der Waals surface area contributed by atoms with Crippen molar-refractivity contribution in [2.24, 2.45) is 5.73 Å². The highest BCUT2D eigenvalue weighted by Crippen LogP contribution is 2.48. The molecule has 2 heterocycles. The molecule has 1 spiro atoms. The molecule has 0 aliphatic carbocycles. The predicted octanol–water partition coefficient (Wildman–Crippen LogP) is 2.61. The van der Waals surface area contributed by atoms with Crippen LogP contribution in [-0.4, -0.2) is 59.3 Å². The molecule has 1 amide bonds. The number of carbonyl (C=O) groups excluding carboxylic acids is 1. The summed E-state index contributed by atoms with van der Waals surface area (Å²) in [6.07, 6.45) is 1.04. The van der Waals surface area contributed by atoms with Crippen molar-refractivity contribution >= 4 is 34.3 Å². The molecule has 1 atom stereocenters. The fourth-order valence-corrected chi connectivity index (χ4v) is 5.46. The summed E-state index contributed by atoms with van der Waals surface area (Å²) in [5.74, 6) is -1.11. The lowest BCUT2D eigenvalue weighted by Crippen LogP contribution is -2.48. The summed E-state index contributed by atoms with van der Waals surface area (Å²) in [7, 11) is 0. The van der Waals surface area contributed by atoms with Crippen LogP contribution in [0.3, 0.4) is 0 Å². The molecule has 2 aliphatic heterocycles. The van der Waals surface area contributed by atoms with Crippen LogP contribution in [0.15, 0.2) is 35.2 Å². The molecule has 1 unspecified atom stereocenters. The maximum atomic E-state index is 14.3. The van der Waals surface area contributed by atoms with Crippen LogP contribution in [0.5, 0.6) is 5.75 Å². The SMILES string of the molecule is [2H]C([2H])([2H])N1C(=O)C2(CCN(CCOc3cc(F)c(S(=O)[O-])c(CCN)c3)CC2)c2cc(Cl)ccc21. The molecule has 10 heteroatoms. The zero-order valence-corrected chi connectivity index (χ0v) is 19.4. The molecular weight excluding hydrogens is 469 g/mol. The number of nitrogens with zero attached hydrogens (tertiary/aromatic N) is 2. The molecular formula is C23H26ClFN3O4S-. The highest BCUT2D eigenvalue weighted by Gasteiger charge is 2.50. The minimum atomic E-state index is -2.72. The highest BCUT2D eigenvalue weighted by molar-refractivity contribution is 7.79.